The van der Waals surface area contributed by atoms with E-state index in [2.05, 4.69) is 14.7 Å². The maximum atomic E-state index is 11.9. The van der Waals surface area contributed by atoms with Crippen molar-refractivity contribution in [2.75, 3.05) is 4.90 Å². The summed E-state index contributed by atoms with van der Waals surface area (Å²) in [6.45, 7) is 1.99. The molecule has 0 saturated heterocycles. The van der Waals surface area contributed by atoms with Crippen LogP contribution in [0.4, 0.5) is 5.69 Å². The number of carbonyl (C=O) groups is 2. The molecule has 0 fully saturated rings. The Morgan fingerprint density at radius 1 is 1.33 bits per heavy atom. The van der Waals surface area contributed by atoms with Crippen LogP contribution in [0.15, 0.2) is 29.1 Å². The first-order valence-corrected chi connectivity index (χ1v) is 5.39. The molecule has 1 aromatic heterocycles. The Morgan fingerprint density at radius 3 is 2.89 bits per heavy atom. The van der Waals surface area contributed by atoms with Crippen molar-refractivity contribution in [1.82, 2.24) is 10.1 Å². The van der Waals surface area contributed by atoms with Gasteiger partial charge in [-0.15, -0.1) is 0 Å². The van der Waals surface area contributed by atoms with Gasteiger partial charge in [0.15, 0.2) is 5.82 Å². The molecule has 0 radical (unpaired) electrons. The minimum absolute atomic E-state index is 0.138. The summed E-state index contributed by atoms with van der Waals surface area (Å²) in [5.74, 6) is -0.673. The fourth-order valence-electron chi connectivity index (χ4n) is 2.09. The van der Waals surface area contributed by atoms with Gasteiger partial charge in [-0.05, 0) is 18.6 Å². The maximum Gasteiger partial charge on any atom is 0.299 e. The van der Waals surface area contributed by atoms with Gasteiger partial charge >= 0.3 is 0 Å². The van der Waals surface area contributed by atoms with Crippen LogP contribution in [0, 0.1) is 6.92 Å². The fourth-order valence-corrected chi connectivity index (χ4v) is 2.09. The van der Waals surface area contributed by atoms with Gasteiger partial charge in [-0.1, -0.05) is 17.3 Å². The number of hydrogen-bond donors (Lipinski definition) is 0. The second kappa shape index (κ2) is 3.76. The molecule has 3 rings (SSSR count). The Morgan fingerprint density at radius 2 is 2.17 bits per heavy atom. The highest BCUT2D eigenvalue weighted by molar-refractivity contribution is 6.52. The zero-order valence-electron chi connectivity index (χ0n) is 9.58. The molecular formula is C12H9N3O3. The zero-order chi connectivity index (χ0) is 12.7. The Bertz CT molecular complexity index is 634. The molecule has 18 heavy (non-hydrogen) atoms. The van der Waals surface area contributed by atoms with Gasteiger partial charge in [0.25, 0.3) is 11.7 Å². The number of aromatic nitrogens is 2. The van der Waals surface area contributed by atoms with Crippen LogP contribution in [0.1, 0.15) is 21.7 Å². The summed E-state index contributed by atoms with van der Waals surface area (Å²) < 4.78 is 4.62. The van der Waals surface area contributed by atoms with Crippen LogP contribution in [0.3, 0.4) is 0 Å². The number of anilines is 1. The van der Waals surface area contributed by atoms with Gasteiger partial charge < -0.3 is 4.52 Å². The molecule has 1 aliphatic rings. The fraction of sp³-hybridized carbons (Fsp3) is 0.167. The van der Waals surface area contributed by atoms with Crippen LogP contribution < -0.4 is 4.90 Å². The van der Waals surface area contributed by atoms with Crippen molar-refractivity contribution in [2.24, 2.45) is 0 Å². The molecule has 0 unspecified atom stereocenters. The summed E-state index contributed by atoms with van der Waals surface area (Å²) >= 11 is 0. The lowest BCUT2D eigenvalue weighted by Gasteiger charge is -2.16. The third-order valence-electron chi connectivity index (χ3n) is 2.90. The third-order valence-corrected chi connectivity index (χ3v) is 2.90. The first kappa shape index (κ1) is 10.6. The lowest BCUT2D eigenvalue weighted by atomic mass is 10.1. The smallest absolute Gasteiger partial charge is 0.299 e. The minimum Gasteiger partial charge on any atom is -0.343 e. The van der Waals surface area contributed by atoms with Gasteiger partial charge in [0.1, 0.15) is 0 Å². The first-order chi connectivity index (χ1) is 8.68. The van der Waals surface area contributed by atoms with Crippen LogP contribution in [0.5, 0.6) is 0 Å². The summed E-state index contributed by atoms with van der Waals surface area (Å²) in [5, 5.41) is 3.65. The number of aryl methyl sites for hydroxylation is 1. The van der Waals surface area contributed by atoms with E-state index in [1.165, 1.54) is 11.3 Å². The molecule has 90 valence electrons. The van der Waals surface area contributed by atoms with E-state index >= 15 is 0 Å². The molecule has 0 N–H and O–H groups in total. The van der Waals surface area contributed by atoms with E-state index in [1.54, 1.807) is 12.1 Å². The molecule has 0 atom stereocenters. The van der Waals surface area contributed by atoms with E-state index in [1.807, 2.05) is 13.0 Å². The lowest BCUT2D eigenvalue weighted by molar-refractivity contribution is -0.114. The second-order valence-corrected chi connectivity index (χ2v) is 4.04. The average Bonchev–Trinajstić information content (AvgIpc) is 2.94. The predicted octanol–water partition coefficient (Wildman–Crippen LogP) is 1.11. The van der Waals surface area contributed by atoms with E-state index in [0.29, 0.717) is 17.1 Å². The molecule has 0 aliphatic carbocycles. The van der Waals surface area contributed by atoms with E-state index in [-0.39, 0.29) is 6.54 Å². The number of carbonyl (C=O) groups excluding carboxylic acids is 2. The number of benzene rings is 1. The number of para-hydroxylation sites is 1. The molecule has 0 bridgehead atoms. The number of fused-ring (bicyclic) bond motifs is 1. The molecule has 2 heterocycles. The number of hydrogen-bond acceptors (Lipinski definition) is 5. The predicted molar refractivity (Wildman–Crippen MR) is 61.0 cm³/mol. The van der Waals surface area contributed by atoms with Crippen LogP contribution in [-0.4, -0.2) is 21.8 Å². The number of nitrogens with zero attached hydrogens (tertiary/aromatic N) is 3. The number of rotatable bonds is 2. The Kier molecular flexibility index (Phi) is 2.22. The van der Waals surface area contributed by atoms with E-state index in [0.717, 1.165) is 5.56 Å². The monoisotopic (exact) mass is 243 g/mol. The molecule has 6 nitrogen and oxygen atoms in total. The van der Waals surface area contributed by atoms with Gasteiger partial charge in [0.2, 0.25) is 6.39 Å². The highest BCUT2D eigenvalue weighted by atomic mass is 16.5. The standard InChI is InChI=1S/C12H9N3O3/c1-7-3-2-4-8-10(7)15(12(17)11(8)16)5-9-13-6-18-14-9/h2-4,6H,5H2,1H3. The number of amides is 1. The van der Waals surface area contributed by atoms with Crippen molar-refractivity contribution in [3.05, 3.63) is 41.5 Å². The maximum absolute atomic E-state index is 11.9. The zero-order valence-corrected chi connectivity index (χ0v) is 9.58. The summed E-state index contributed by atoms with van der Waals surface area (Å²) in [4.78, 5) is 29.0. The number of Topliss-reactive ketones (excluding diaryl/α,β-unsaturated/α-hetero) is 1. The molecule has 6 heteroatoms. The molecule has 1 aliphatic heterocycles. The van der Waals surface area contributed by atoms with E-state index in [4.69, 9.17) is 0 Å². The van der Waals surface area contributed by atoms with Gasteiger partial charge in [0, 0.05) is 0 Å². The van der Waals surface area contributed by atoms with E-state index < -0.39 is 11.7 Å². The molecule has 0 spiro atoms. The van der Waals surface area contributed by atoms with Crippen molar-refractivity contribution >= 4 is 17.4 Å². The summed E-state index contributed by atoms with van der Waals surface area (Å²) in [6.07, 6.45) is 1.19. The SMILES string of the molecule is Cc1cccc2c1N(Cc1ncon1)C(=O)C2=O. The largest absolute Gasteiger partial charge is 0.343 e. The molecule has 1 amide bonds. The van der Waals surface area contributed by atoms with Crippen LogP contribution in [0.25, 0.3) is 0 Å². The summed E-state index contributed by atoms with van der Waals surface area (Å²) in [7, 11) is 0. The van der Waals surface area contributed by atoms with Gasteiger partial charge in [-0.25, -0.2) is 0 Å². The lowest BCUT2D eigenvalue weighted by Crippen LogP contribution is -2.29. The molecule has 1 aromatic carbocycles. The average molecular weight is 243 g/mol. The Balaban J connectivity index is 2.07. The molecular weight excluding hydrogens is 234 g/mol. The minimum atomic E-state index is -0.552. The summed E-state index contributed by atoms with van der Waals surface area (Å²) in [6, 6.07) is 5.27. The van der Waals surface area contributed by atoms with Crippen molar-refractivity contribution in [3.63, 3.8) is 0 Å². The second-order valence-electron chi connectivity index (χ2n) is 4.04. The van der Waals surface area contributed by atoms with Gasteiger partial charge in [-0.2, -0.15) is 4.98 Å². The number of ketones is 1. The normalized spacial score (nSPS) is 14.2. The van der Waals surface area contributed by atoms with Crippen molar-refractivity contribution < 1.29 is 14.1 Å². The topological polar surface area (TPSA) is 76.3 Å². The quantitative estimate of drug-likeness (QED) is 0.738. The Hall–Kier alpha value is -2.50. The summed E-state index contributed by atoms with van der Waals surface area (Å²) in [5.41, 5.74) is 1.94. The van der Waals surface area contributed by atoms with Gasteiger partial charge in [0.05, 0.1) is 17.8 Å². The van der Waals surface area contributed by atoms with Crippen LogP contribution >= 0.6 is 0 Å². The van der Waals surface area contributed by atoms with Crippen molar-refractivity contribution in [1.29, 1.82) is 0 Å². The first-order valence-electron chi connectivity index (χ1n) is 5.39. The highest BCUT2D eigenvalue weighted by Gasteiger charge is 2.37. The van der Waals surface area contributed by atoms with Gasteiger partial charge in [-0.3, -0.25) is 14.5 Å². The highest BCUT2D eigenvalue weighted by Crippen LogP contribution is 2.32. The van der Waals surface area contributed by atoms with E-state index in [9.17, 15) is 9.59 Å². The molecule has 0 saturated carbocycles. The Labute approximate surface area is 102 Å². The van der Waals surface area contributed by atoms with Crippen LogP contribution in [-0.2, 0) is 11.3 Å². The van der Waals surface area contributed by atoms with Crippen LogP contribution in [0.2, 0.25) is 0 Å². The third kappa shape index (κ3) is 1.42. The molecule has 2 aromatic rings. The van der Waals surface area contributed by atoms with Crippen molar-refractivity contribution in [2.45, 2.75) is 13.5 Å². The van der Waals surface area contributed by atoms with Crippen molar-refractivity contribution in [3.8, 4) is 0 Å².